The molecule has 1 fully saturated rings. The highest BCUT2D eigenvalue weighted by Crippen LogP contribution is 2.37. The van der Waals surface area contributed by atoms with Crippen LogP contribution in [-0.2, 0) is 24.9 Å². The zero-order valence-electron chi connectivity index (χ0n) is 16.8. The van der Waals surface area contributed by atoms with Crippen LogP contribution in [-0.4, -0.2) is 45.1 Å². The highest BCUT2D eigenvalue weighted by molar-refractivity contribution is 5.49. The van der Waals surface area contributed by atoms with E-state index in [0.717, 1.165) is 12.1 Å². The molecule has 0 bridgehead atoms. The molecule has 31 heavy (non-hydrogen) atoms. The zero-order chi connectivity index (χ0) is 21.8. The van der Waals surface area contributed by atoms with Crippen molar-refractivity contribution in [3.63, 3.8) is 0 Å². The van der Waals surface area contributed by atoms with Crippen LogP contribution in [0, 0.1) is 11.6 Å². The van der Waals surface area contributed by atoms with Gasteiger partial charge >= 0.3 is 5.69 Å². The van der Waals surface area contributed by atoms with Crippen molar-refractivity contribution in [3.8, 4) is 17.4 Å². The summed E-state index contributed by atoms with van der Waals surface area (Å²) in [7, 11) is 3.55. The number of hydrogen-bond acceptors (Lipinski definition) is 7. The topological polar surface area (TPSA) is 83.6 Å². The van der Waals surface area contributed by atoms with Gasteiger partial charge in [0.2, 0.25) is 5.88 Å². The molecule has 0 radical (unpaired) electrons. The third-order valence-corrected chi connectivity index (χ3v) is 5.56. The average Bonchev–Trinajstić information content (AvgIpc) is 3.24. The molecule has 0 unspecified atom stereocenters. The van der Waals surface area contributed by atoms with Gasteiger partial charge in [-0.2, -0.15) is 10.1 Å². The van der Waals surface area contributed by atoms with Crippen molar-refractivity contribution in [1.82, 2.24) is 19.3 Å². The predicted molar refractivity (Wildman–Crippen MR) is 104 cm³/mol. The first-order chi connectivity index (χ1) is 14.8. The maximum atomic E-state index is 14.4. The summed E-state index contributed by atoms with van der Waals surface area (Å²) in [5, 5.41) is 3.89. The molecular weight excluding hydrogens is 412 g/mol. The van der Waals surface area contributed by atoms with Gasteiger partial charge in [-0.3, -0.25) is 9.25 Å². The van der Waals surface area contributed by atoms with Gasteiger partial charge in [0.25, 0.3) is 0 Å². The van der Waals surface area contributed by atoms with E-state index in [0.29, 0.717) is 25.6 Å². The van der Waals surface area contributed by atoms with Crippen LogP contribution in [0.2, 0.25) is 0 Å². The van der Waals surface area contributed by atoms with Crippen molar-refractivity contribution in [2.75, 3.05) is 25.2 Å². The van der Waals surface area contributed by atoms with Crippen molar-refractivity contribution in [2.45, 2.75) is 18.7 Å². The van der Waals surface area contributed by atoms with Gasteiger partial charge in [0.05, 0.1) is 32.2 Å². The Morgan fingerprint density at radius 1 is 1.19 bits per heavy atom. The summed E-state index contributed by atoms with van der Waals surface area (Å²) in [5.74, 6) is -1.33. The van der Waals surface area contributed by atoms with E-state index in [9.17, 15) is 13.6 Å². The lowest BCUT2D eigenvalue weighted by atomic mass is 9.97. The Morgan fingerprint density at radius 2 is 1.94 bits per heavy atom. The number of aryl methyl sites for hydroxylation is 1. The molecule has 0 saturated carbocycles. The van der Waals surface area contributed by atoms with Crippen LogP contribution in [0.4, 0.5) is 14.6 Å². The minimum Gasteiger partial charge on any atom is -0.473 e. The predicted octanol–water partition coefficient (Wildman–Crippen LogP) is 1.85. The zero-order valence-corrected chi connectivity index (χ0v) is 16.8. The number of halogens is 2. The Kier molecular flexibility index (Phi) is 4.43. The number of anilines is 1. The van der Waals surface area contributed by atoms with Gasteiger partial charge in [0, 0.05) is 20.2 Å². The molecule has 5 rings (SSSR count). The molecular formula is C20H19F2N5O4. The summed E-state index contributed by atoms with van der Waals surface area (Å²) in [6.07, 6.45) is 2.84. The largest absolute Gasteiger partial charge is 0.473 e. The van der Waals surface area contributed by atoms with Gasteiger partial charge in [-0.25, -0.2) is 13.6 Å². The van der Waals surface area contributed by atoms with Crippen molar-refractivity contribution in [1.29, 1.82) is 0 Å². The molecule has 3 aromatic rings. The number of aromatic nitrogens is 4. The summed E-state index contributed by atoms with van der Waals surface area (Å²) >= 11 is 0. The third-order valence-electron chi connectivity index (χ3n) is 5.56. The number of likely N-dealkylation sites (N-methyl/N-ethyl adjacent to an activating group) is 1. The Balaban J connectivity index is 1.33. The summed E-state index contributed by atoms with van der Waals surface area (Å²) in [4.78, 5) is 18.3. The van der Waals surface area contributed by atoms with Gasteiger partial charge in [0.1, 0.15) is 18.0 Å². The van der Waals surface area contributed by atoms with E-state index < -0.39 is 23.1 Å². The van der Waals surface area contributed by atoms with E-state index in [1.807, 2.05) is 11.9 Å². The van der Waals surface area contributed by atoms with Crippen LogP contribution in [0.5, 0.6) is 17.4 Å². The summed E-state index contributed by atoms with van der Waals surface area (Å²) in [6, 6.07) is 3.87. The third kappa shape index (κ3) is 3.30. The first-order valence-corrected chi connectivity index (χ1v) is 9.55. The Bertz CT molecular complexity index is 1200. The molecule has 0 aliphatic carbocycles. The monoisotopic (exact) mass is 431 g/mol. The lowest BCUT2D eigenvalue weighted by molar-refractivity contribution is -0.0557. The van der Waals surface area contributed by atoms with Gasteiger partial charge < -0.3 is 19.1 Å². The highest BCUT2D eigenvalue weighted by atomic mass is 19.1. The first kappa shape index (κ1) is 19.5. The molecule has 0 N–H and O–H groups in total. The number of hydrogen-bond donors (Lipinski definition) is 0. The molecule has 11 heteroatoms. The van der Waals surface area contributed by atoms with Crippen molar-refractivity contribution >= 4 is 5.82 Å². The van der Waals surface area contributed by atoms with E-state index >= 15 is 0 Å². The van der Waals surface area contributed by atoms with Gasteiger partial charge in [-0.05, 0) is 17.7 Å². The van der Waals surface area contributed by atoms with Crippen LogP contribution < -0.4 is 20.1 Å². The molecule has 2 aliphatic rings. The van der Waals surface area contributed by atoms with E-state index in [-0.39, 0.29) is 29.3 Å². The molecule has 1 saturated heterocycles. The van der Waals surface area contributed by atoms with Crippen LogP contribution in [0.25, 0.3) is 0 Å². The lowest BCUT2D eigenvalue weighted by Gasteiger charge is -2.43. The van der Waals surface area contributed by atoms with Crippen LogP contribution >= 0.6 is 0 Å². The minimum absolute atomic E-state index is 0.0805. The number of nitrogens with zero attached hydrogens (tertiary/aromatic N) is 5. The fourth-order valence-electron chi connectivity index (χ4n) is 3.76. The van der Waals surface area contributed by atoms with Gasteiger partial charge in [-0.1, -0.05) is 0 Å². The smallest absolute Gasteiger partial charge is 0.352 e. The van der Waals surface area contributed by atoms with Crippen LogP contribution in [0.3, 0.4) is 0 Å². The molecule has 2 aliphatic heterocycles. The maximum absolute atomic E-state index is 14.4. The molecule has 4 heterocycles. The molecule has 1 aromatic carbocycles. The van der Waals surface area contributed by atoms with E-state index in [2.05, 4.69) is 10.1 Å². The molecule has 1 spiro atoms. The number of benzene rings is 1. The van der Waals surface area contributed by atoms with Crippen LogP contribution in [0.15, 0.2) is 35.4 Å². The lowest BCUT2D eigenvalue weighted by Crippen LogP contribution is -2.60. The normalized spacial score (nSPS) is 16.3. The fourth-order valence-corrected chi connectivity index (χ4v) is 3.76. The molecule has 9 nitrogen and oxygen atoms in total. The van der Waals surface area contributed by atoms with Crippen molar-refractivity contribution < 1.29 is 23.0 Å². The molecule has 0 amide bonds. The van der Waals surface area contributed by atoms with Crippen LogP contribution in [0.1, 0.15) is 5.56 Å². The Hall–Kier alpha value is -3.47. The highest BCUT2D eigenvalue weighted by Gasteiger charge is 2.49. The summed E-state index contributed by atoms with van der Waals surface area (Å²) in [6.45, 7) is 1.40. The number of ether oxygens (including phenoxy) is 3. The second-order valence-corrected chi connectivity index (χ2v) is 7.73. The van der Waals surface area contributed by atoms with Gasteiger partial charge in [0.15, 0.2) is 23.1 Å². The molecule has 2 aromatic heterocycles. The van der Waals surface area contributed by atoms with E-state index in [1.165, 1.54) is 17.1 Å². The molecule has 0 atom stereocenters. The minimum atomic E-state index is -0.879. The molecule has 162 valence electrons. The van der Waals surface area contributed by atoms with Gasteiger partial charge in [-0.15, -0.1) is 0 Å². The summed E-state index contributed by atoms with van der Waals surface area (Å²) in [5.41, 5.74) is -0.447. The van der Waals surface area contributed by atoms with E-state index in [4.69, 9.17) is 14.2 Å². The van der Waals surface area contributed by atoms with E-state index in [1.54, 1.807) is 17.7 Å². The average molecular weight is 431 g/mol. The maximum Gasteiger partial charge on any atom is 0.352 e. The Labute approximate surface area is 175 Å². The standard InChI is InChI=1S/C20H19F2N5O4/c1-25-7-13(6-23-25)31-18-14(21)3-12(4-15(18)22)8-30-16-5-17-26(2)20(10-29-11-20)9-27(17)19(28)24-16/h3-7H,8-11H2,1-2H3. The number of rotatable bonds is 5. The number of fused-ring (bicyclic) bond motifs is 1. The van der Waals surface area contributed by atoms with Crippen molar-refractivity contribution in [2.24, 2.45) is 7.05 Å². The second kappa shape index (κ2) is 7.05. The fraction of sp³-hybridized carbons (Fsp3) is 0.350. The first-order valence-electron chi connectivity index (χ1n) is 9.55. The Morgan fingerprint density at radius 3 is 2.55 bits per heavy atom. The SMILES string of the molecule is CN1c2cc(OCc3cc(F)c(Oc4cnn(C)c4)c(F)c3)nc(=O)n2CC12COC2. The van der Waals surface area contributed by atoms with Crippen molar-refractivity contribution in [3.05, 3.63) is 58.3 Å². The quantitative estimate of drug-likeness (QED) is 0.610. The summed E-state index contributed by atoms with van der Waals surface area (Å²) < 4.78 is 48.0. The second-order valence-electron chi connectivity index (χ2n) is 7.73.